The number of carboxylic acids is 2. The lowest BCUT2D eigenvalue weighted by Crippen LogP contribution is -2.32. The van der Waals surface area contributed by atoms with Crippen molar-refractivity contribution in [3.05, 3.63) is 59.7 Å². The smallest absolute Gasteiger partial charge is 0.320 e. The number of rotatable bonds is 6. The third-order valence-corrected chi connectivity index (χ3v) is 3.42. The summed E-state index contributed by atoms with van der Waals surface area (Å²) in [7, 11) is 0. The fourth-order valence-electron chi connectivity index (χ4n) is 1.95. The molecule has 26 heavy (non-hydrogen) atoms. The van der Waals surface area contributed by atoms with E-state index in [4.69, 9.17) is 31.9 Å². The predicted octanol–water partition coefficient (Wildman–Crippen LogP) is 0.693. The van der Waals surface area contributed by atoms with Gasteiger partial charge in [0.15, 0.2) is 0 Å². The Hall–Kier alpha value is -3.10. The maximum absolute atomic E-state index is 10.4. The molecule has 8 nitrogen and oxygen atoms in total. The first-order valence-corrected chi connectivity index (χ1v) is 7.71. The normalized spacial score (nSPS) is 12.4. The van der Waals surface area contributed by atoms with E-state index in [1.807, 2.05) is 0 Å². The molecule has 0 aliphatic rings. The number of phenols is 2. The molecule has 8 N–H and O–H groups in total. The van der Waals surface area contributed by atoms with Crippen LogP contribution in [-0.4, -0.2) is 44.4 Å². The first kappa shape index (κ1) is 20.9. The average Bonchev–Trinajstić information content (AvgIpc) is 2.59. The molecule has 2 rings (SSSR count). The van der Waals surface area contributed by atoms with Crippen LogP contribution in [0.15, 0.2) is 48.5 Å². The van der Waals surface area contributed by atoms with E-state index >= 15 is 0 Å². The summed E-state index contributed by atoms with van der Waals surface area (Å²) in [6.07, 6.45) is 0.547. The van der Waals surface area contributed by atoms with Crippen LogP contribution >= 0.6 is 0 Å². The van der Waals surface area contributed by atoms with Crippen molar-refractivity contribution in [3.8, 4) is 11.5 Å². The summed E-state index contributed by atoms with van der Waals surface area (Å²) in [5.41, 5.74) is 12.2. The van der Waals surface area contributed by atoms with Crippen molar-refractivity contribution >= 4 is 11.9 Å². The second kappa shape index (κ2) is 10.0. The fraction of sp³-hybridized carbons (Fsp3) is 0.222. The van der Waals surface area contributed by atoms with Crippen molar-refractivity contribution in [2.75, 3.05) is 0 Å². The zero-order chi connectivity index (χ0) is 19.7. The van der Waals surface area contributed by atoms with Gasteiger partial charge in [0.1, 0.15) is 23.6 Å². The molecule has 0 saturated heterocycles. The molecule has 140 valence electrons. The molecule has 0 amide bonds. The number of benzene rings is 2. The van der Waals surface area contributed by atoms with Crippen LogP contribution < -0.4 is 11.5 Å². The first-order valence-electron chi connectivity index (χ1n) is 7.71. The molecule has 0 radical (unpaired) electrons. The molecule has 0 unspecified atom stereocenters. The van der Waals surface area contributed by atoms with E-state index in [1.165, 1.54) is 24.3 Å². The van der Waals surface area contributed by atoms with Crippen LogP contribution in [0.4, 0.5) is 0 Å². The van der Waals surface area contributed by atoms with E-state index < -0.39 is 24.0 Å². The van der Waals surface area contributed by atoms with Crippen molar-refractivity contribution in [2.24, 2.45) is 11.5 Å². The lowest BCUT2D eigenvalue weighted by molar-refractivity contribution is -0.139. The molecule has 0 aliphatic heterocycles. The number of hydrogen-bond donors (Lipinski definition) is 6. The van der Waals surface area contributed by atoms with Gasteiger partial charge >= 0.3 is 11.9 Å². The Labute approximate surface area is 150 Å². The summed E-state index contributed by atoms with van der Waals surface area (Å²) in [6.45, 7) is 0. The van der Waals surface area contributed by atoms with Crippen LogP contribution in [-0.2, 0) is 22.4 Å². The minimum atomic E-state index is -1.02. The zero-order valence-electron chi connectivity index (χ0n) is 13.9. The van der Waals surface area contributed by atoms with Crippen LogP contribution in [0.3, 0.4) is 0 Å². The summed E-state index contributed by atoms with van der Waals surface area (Å²) < 4.78 is 0. The quantitative estimate of drug-likeness (QED) is 0.436. The van der Waals surface area contributed by atoms with Crippen molar-refractivity contribution in [3.63, 3.8) is 0 Å². The lowest BCUT2D eigenvalue weighted by Gasteiger charge is -2.05. The molecule has 2 aromatic carbocycles. The Bertz CT molecular complexity index is 652. The fourth-order valence-corrected chi connectivity index (χ4v) is 1.95. The predicted molar refractivity (Wildman–Crippen MR) is 94.8 cm³/mol. The van der Waals surface area contributed by atoms with E-state index in [1.54, 1.807) is 24.3 Å². The van der Waals surface area contributed by atoms with Crippen LogP contribution in [0, 0.1) is 0 Å². The molecule has 0 spiro atoms. The SMILES string of the molecule is N[C@H](Cc1ccc(O)cc1)C(=O)O.N[C@H](Cc1ccc(O)cc1)C(=O)O. The summed E-state index contributed by atoms with van der Waals surface area (Å²) in [5.74, 6) is -1.72. The maximum Gasteiger partial charge on any atom is 0.320 e. The van der Waals surface area contributed by atoms with Gasteiger partial charge in [-0.2, -0.15) is 0 Å². The largest absolute Gasteiger partial charge is 0.508 e. The highest BCUT2D eigenvalue weighted by Crippen LogP contribution is 2.11. The van der Waals surface area contributed by atoms with Gasteiger partial charge in [-0.3, -0.25) is 9.59 Å². The standard InChI is InChI=1S/2C9H11NO3/c2*10-8(9(12)13)5-6-1-3-7(11)4-2-6/h2*1-4,8,11H,5,10H2,(H,12,13)/t2*8-/m11/s1. The number of nitrogens with two attached hydrogens (primary N) is 2. The molecule has 0 saturated carbocycles. The van der Waals surface area contributed by atoms with Gasteiger partial charge in [-0.05, 0) is 48.2 Å². The third kappa shape index (κ3) is 7.65. The minimum Gasteiger partial charge on any atom is -0.508 e. The molecule has 2 atom stereocenters. The van der Waals surface area contributed by atoms with E-state index in [-0.39, 0.29) is 24.3 Å². The van der Waals surface area contributed by atoms with Gasteiger partial charge in [-0.1, -0.05) is 24.3 Å². The minimum absolute atomic E-state index is 0.160. The maximum atomic E-state index is 10.4. The van der Waals surface area contributed by atoms with Crippen molar-refractivity contribution in [2.45, 2.75) is 24.9 Å². The lowest BCUT2D eigenvalue weighted by atomic mass is 10.1. The van der Waals surface area contributed by atoms with Gasteiger partial charge in [-0.25, -0.2) is 0 Å². The molecule has 0 aliphatic carbocycles. The summed E-state index contributed by atoms with van der Waals surface area (Å²) >= 11 is 0. The molecular formula is C18H22N2O6. The Kier molecular flexibility index (Phi) is 8.07. The highest BCUT2D eigenvalue weighted by Gasteiger charge is 2.12. The van der Waals surface area contributed by atoms with Crippen LogP contribution in [0.25, 0.3) is 0 Å². The summed E-state index contributed by atoms with van der Waals surface area (Å²) in [5, 5.41) is 35.0. The summed E-state index contributed by atoms with van der Waals surface area (Å²) in [4.78, 5) is 20.8. The Morgan fingerprint density at radius 2 is 0.962 bits per heavy atom. The van der Waals surface area contributed by atoms with Gasteiger partial charge in [0.05, 0.1) is 0 Å². The van der Waals surface area contributed by atoms with Gasteiger partial charge in [-0.15, -0.1) is 0 Å². The molecule has 0 aromatic heterocycles. The van der Waals surface area contributed by atoms with Gasteiger partial charge in [0, 0.05) is 0 Å². The highest BCUT2D eigenvalue weighted by molar-refractivity contribution is 5.73. The van der Waals surface area contributed by atoms with Crippen LogP contribution in [0.2, 0.25) is 0 Å². The third-order valence-electron chi connectivity index (χ3n) is 3.42. The van der Waals surface area contributed by atoms with Crippen LogP contribution in [0.5, 0.6) is 11.5 Å². The van der Waals surface area contributed by atoms with E-state index in [0.29, 0.717) is 0 Å². The van der Waals surface area contributed by atoms with Gasteiger partial charge in [0.25, 0.3) is 0 Å². The van der Waals surface area contributed by atoms with E-state index in [2.05, 4.69) is 0 Å². The van der Waals surface area contributed by atoms with E-state index in [9.17, 15) is 9.59 Å². The Balaban J connectivity index is 0.000000260. The Morgan fingerprint density at radius 1 is 0.692 bits per heavy atom. The Morgan fingerprint density at radius 3 is 1.19 bits per heavy atom. The van der Waals surface area contributed by atoms with E-state index in [0.717, 1.165) is 11.1 Å². The zero-order valence-corrected chi connectivity index (χ0v) is 13.9. The van der Waals surface area contributed by atoms with Crippen molar-refractivity contribution < 1.29 is 30.0 Å². The first-order chi connectivity index (χ1) is 12.2. The molecule has 0 heterocycles. The summed E-state index contributed by atoms with van der Waals surface area (Å²) in [6, 6.07) is 10.8. The monoisotopic (exact) mass is 362 g/mol. The molecule has 0 fully saturated rings. The molecule has 8 heteroatoms. The highest BCUT2D eigenvalue weighted by atomic mass is 16.4. The average molecular weight is 362 g/mol. The van der Waals surface area contributed by atoms with Crippen molar-refractivity contribution in [1.82, 2.24) is 0 Å². The second-order valence-electron chi connectivity index (χ2n) is 5.63. The number of carbonyl (C=O) groups is 2. The number of hydrogen-bond acceptors (Lipinski definition) is 6. The van der Waals surface area contributed by atoms with Gasteiger partial charge < -0.3 is 31.9 Å². The number of phenolic OH excluding ortho intramolecular Hbond substituents is 2. The molecule has 2 aromatic rings. The molecule has 0 bridgehead atoms. The number of carboxylic acid groups (broad SMARTS) is 2. The topological polar surface area (TPSA) is 167 Å². The molecular weight excluding hydrogens is 340 g/mol. The van der Waals surface area contributed by atoms with Gasteiger partial charge in [0.2, 0.25) is 0 Å². The second-order valence-corrected chi connectivity index (χ2v) is 5.63. The number of aromatic hydroxyl groups is 2. The van der Waals surface area contributed by atoms with Crippen LogP contribution in [0.1, 0.15) is 11.1 Å². The number of aliphatic carboxylic acids is 2. The van der Waals surface area contributed by atoms with Crippen molar-refractivity contribution in [1.29, 1.82) is 0 Å².